The average molecular weight is 334 g/mol. The van der Waals surface area contributed by atoms with Crippen molar-refractivity contribution < 1.29 is 19.1 Å². The van der Waals surface area contributed by atoms with E-state index in [0.29, 0.717) is 16.3 Å². The van der Waals surface area contributed by atoms with Crippen LogP contribution in [-0.2, 0) is 4.79 Å². The molecule has 120 valence electrons. The molecule has 0 spiro atoms. The largest absolute Gasteiger partial charge is 0.480 e. The lowest BCUT2D eigenvalue weighted by molar-refractivity contribution is -0.141. The van der Waals surface area contributed by atoms with E-state index in [1.807, 2.05) is 12.1 Å². The minimum absolute atomic E-state index is 0.0255. The van der Waals surface area contributed by atoms with Crippen LogP contribution < -0.4 is 0 Å². The van der Waals surface area contributed by atoms with E-state index in [1.165, 1.54) is 11.8 Å². The highest BCUT2D eigenvalue weighted by Crippen LogP contribution is 2.33. The van der Waals surface area contributed by atoms with Crippen molar-refractivity contribution in [1.29, 1.82) is 0 Å². The van der Waals surface area contributed by atoms with Crippen LogP contribution in [0.4, 0.5) is 0 Å². The first-order valence-corrected chi connectivity index (χ1v) is 7.77. The van der Waals surface area contributed by atoms with Gasteiger partial charge in [0.05, 0.1) is 5.02 Å². The topological polar surface area (TPSA) is 70.8 Å². The summed E-state index contributed by atoms with van der Waals surface area (Å²) in [6, 6.07) is 9.50. The second kappa shape index (κ2) is 6.08. The number of carbonyl (C=O) groups is 2. The van der Waals surface area contributed by atoms with E-state index in [-0.39, 0.29) is 11.8 Å². The Labute approximate surface area is 138 Å². The number of carbonyl (C=O) groups excluding carboxylic acids is 1. The maximum absolute atomic E-state index is 12.6. The van der Waals surface area contributed by atoms with Gasteiger partial charge >= 0.3 is 5.97 Å². The molecule has 1 aliphatic rings. The van der Waals surface area contributed by atoms with Gasteiger partial charge in [-0.25, -0.2) is 4.79 Å². The molecule has 3 rings (SSSR count). The maximum atomic E-state index is 12.6. The number of benzene rings is 1. The summed E-state index contributed by atoms with van der Waals surface area (Å²) < 4.78 is 5.63. The third-order valence-corrected chi connectivity index (χ3v) is 4.24. The summed E-state index contributed by atoms with van der Waals surface area (Å²) in [4.78, 5) is 25.3. The Balaban J connectivity index is 1.88. The first kappa shape index (κ1) is 15.6. The molecule has 1 atom stereocenters. The molecule has 2 aromatic rings. The van der Waals surface area contributed by atoms with Crippen molar-refractivity contribution in [1.82, 2.24) is 4.90 Å². The minimum Gasteiger partial charge on any atom is -0.480 e. The zero-order valence-corrected chi connectivity index (χ0v) is 13.3. The molecule has 0 aliphatic heterocycles. The second-order valence-electron chi connectivity index (χ2n) is 5.60. The lowest BCUT2D eigenvalue weighted by Crippen LogP contribution is -2.44. The van der Waals surface area contributed by atoms with Gasteiger partial charge in [0, 0.05) is 11.6 Å². The van der Waals surface area contributed by atoms with Crippen LogP contribution in [-0.4, -0.2) is 34.0 Å². The van der Waals surface area contributed by atoms with Gasteiger partial charge in [-0.2, -0.15) is 0 Å². The second-order valence-corrected chi connectivity index (χ2v) is 6.01. The van der Waals surface area contributed by atoms with Crippen molar-refractivity contribution in [2.75, 3.05) is 0 Å². The number of amides is 1. The Bertz CT molecular complexity index is 751. The first-order valence-electron chi connectivity index (χ1n) is 7.39. The Morgan fingerprint density at radius 1 is 1.26 bits per heavy atom. The molecule has 1 fully saturated rings. The van der Waals surface area contributed by atoms with E-state index >= 15 is 0 Å². The predicted molar refractivity (Wildman–Crippen MR) is 85.4 cm³/mol. The summed E-state index contributed by atoms with van der Waals surface area (Å²) in [5, 5.41) is 9.73. The lowest BCUT2D eigenvalue weighted by Gasteiger charge is -2.25. The summed E-state index contributed by atoms with van der Waals surface area (Å²) in [5.74, 6) is -0.818. The quantitative estimate of drug-likeness (QED) is 0.906. The van der Waals surface area contributed by atoms with Gasteiger partial charge in [-0.1, -0.05) is 23.7 Å². The van der Waals surface area contributed by atoms with E-state index in [1.54, 1.807) is 24.3 Å². The summed E-state index contributed by atoms with van der Waals surface area (Å²) in [7, 11) is 0. The van der Waals surface area contributed by atoms with Crippen molar-refractivity contribution in [2.45, 2.75) is 31.8 Å². The van der Waals surface area contributed by atoms with Crippen LogP contribution in [0, 0.1) is 0 Å². The highest BCUT2D eigenvalue weighted by atomic mass is 35.5. The first-order chi connectivity index (χ1) is 11.0. The van der Waals surface area contributed by atoms with Crippen LogP contribution in [0.3, 0.4) is 0 Å². The van der Waals surface area contributed by atoms with Crippen LogP contribution in [0.2, 0.25) is 5.02 Å². The van der Waals surface area contributed by atoms with Crippen molar-refractivity contribution in [3.63, 3.8) is 0 Å². The molecule has 5 nitrogen and oxygen atoms in total. The summed E-state index contributed by atoms with van der Waals surface area (Å²) in [6.45, 7) is 1.51. The molecule has 1 saturated carbocycles. The maximum Gasteiger partial charge on any atom is 0.326 e. The average Bonchev–Trinajstić information content (AvgIpc) is 3.23. The molecular formula is C17H16ClNO4. The minimum atomic E-state index is -1.02. The van der Waals surface area contributed by atoms with Crippen molar-refractivity contribution in [3.8, 4) is 11.3 Å². The van der Waals surface area contributed by atoms with E-state index in [9.17, 15) is 14.7 Å². The van der Waals surface area contributed by atoms with Gasteiger partial charge in [0.25, 0.3) is 5.91 Å². The predicted octanol–water partition coefficient (Wildman–Crippen LogP) is 3.68. The van der Waals surface area contributed by atoms with Crippen LogP contribution in [0.5, 0.6) is 0 Å². The van der Waals surface area contributed by atoms with E-state index < -0.39 is 17.9 Å². The molecule has 23 heavy (non-hydrogen) atoms. The Morgan fingerprint density at radius 2 is 1.96 bits per heavy atom. The van der Waals surface area contributed by atoms with Crippen LogP contribution >= 0.6 is 11.6 Å². The third kappa shape index (κ3) is 3.10. The molecule has 1 aliphatic carbocycles. The van der Waals surface area contributed by atoms with Crippen molar-refractivity contribution in [2.24, 2.45) is 0 Å². The fraction of sp³-hybridized carbons (Fsp3) is 0.294. The van der Waals surface area contributed by atoms with Crippen LogP contribution in [0.15, 0.2) is 40.8 Å². The Kier molecular flexibility index (Phi) is 4.13. The number of nitrogens with zero attached hydrogens (tertiary/aromatic N) is 1. The molecule has 1 N–H and O–H groups in total. The Hall–Kier alpha value is -2.27. The number of carboxylic acid groups (broad SMARTS) is 1. The molecule has 6 heteroatoms. The number of furan rings is 1. The fourth-order valence-electron chi connectivity index (χ4n) is 2.52. The van der Waals surface area contributed by atoms with Gasteiger partial charge < -0.3 is 14.4 Å². The standard InChI is InChI=1S/C17H16ClNO4/c1-10(17(21)22)19(11-6-7-11)16(20)15-9-8-14(23-15)12-4-2-3-5-13(12)18/h2-5,8-11H,6-7H2,1H3,(H,21,22). The van der Waals surface area contributed by atoms with Gasteiger partial charge in [0.2, 0.25) is 0 Å². The summed E-state index contributed by atoms with van der Waals surface area (Å²) in [5.41, 5.74) is 0.692. The molecule has 1 aromatic heterocycles. The number of rotatable bonds is 5. The molecule has 0 saturated heterocycles. The number of aliphatic carboxylic acids is 1. The monoisotopic (exact) mass is 333 g/mol. The van der Waals surface area contributed by atoms with Crippen molar-refractivity contribution in [3.05, 3.63) is 47.2 Å². The molecule has 1 aromatic carbocycles. The van der Waals surface area contributed by atoms with Crippen molar-refractivity contribution >= 4 is 23.5 Å². The smallest absolute Gasteiger partial charge is 0.326 e. The number of halogens is 1. The van der Waals surface area contributed by atoms with Crippen LogP contribution in [0.25, 0.3) is 11.3 Å². The fourth-order valence-corrected chi connectivity index (χ4v) is 2.74. The zero-order chi connectivity index (χ0) is 16.6. The van der Waals surface area contributed by atoms with E-state index in [2.05, 4.69) is 0 Å². The van der Waals surface area contributed by atoms with Gasteiger partial charge in [0.1, 0.15) is 11.8 Å². The molecule has 0 bridgehead atoms. The number of hydrogen-bond acceptors (Lipinski definition) is 3. The number of hydrogen-bond donors (Lipinski definition) is 1. The molecular weight excluding hydrogens is 318 g/mol. The summed E-state index contributed by atoms with van der Waals surface area (Å²) >= 11 is 6.13. The molecule has 1 amide bonds. The third-order valence-electron chi connectivity index (χ3n) is 3.91. The van der Waals surface area contributed by atoms with Gasteiger partial charge in [-0.3, -0.25) is 4.79 Å². The lowest BCUT2D eigenvalue weighted by atomic mass is 10.2. The normalized spacial score (nSPS) is 15.2. The Morgan fingerprint density at radius 3 is 2.57 bits per heavy atom. The van der Waals surface area contributed by atoms with Gasteiger partial charge in [-0.05, 0) is 44.0 Å². The number of carboxylic acids is 1. The van der Waals surface area contributed by atoms with Crippen LogP contribution in [0.1, 0.15) is 30.3 Å². The van der Waals surface area contributed by atoms with Gasteiger partial charge in [0.15, 0.2) is 5.76 Å². The van der Waals surface area contributed by atoms with E-state index in [4.69, 9.17) is 16.0 Å². The van der Waals surface area contributed by atoms with Gasteiger partial charge in [-0.15, -0.1) is 0 Å². The molecule has 1 unspecified atom stereocenters. The highest BCUT2D eigenvalue weighted by Gasteiger charge is 2.39. The van der Waals surface area contributed by atoms with E-state index in [0.717, 1.165) is 12.8 Å². The molecule has 1 heterocycles. The molecule has 0 radical (unpaired) electrons. The summed E-state index contributed by atoms with van der Waals surface area (Å²) in [6.07, 6.45) is 1.64. The zero-order valence-electron chi connectivity index (χ0n) is 12.5. The highest BCUT2D eigenvalue weighted by molar-refractivity contribution is 6.33. The SMILES string of the molecule is CC(C(=O)O)N(C(=O)c1ccc(-c2ccccc2Cl)o1)C1CC1.